The van der Waals surface area contributed by atoms with Crippen molar-refractivity contribution in [2.75, 3.05) is 57.3 Å². The van der Waals surface area contributed by atoms with Crippen molar-refractivity contribution in [1.82, 2.24) is 20.1 Å². The van der Waals surface area contributed by atoms with Gasteiger partial charge in [0.25, 0.3) is 11.8 Å². The lowest BCUT2D eigenvalue weighted by molar-refractivity contribution is 0.0713. The highest BCUT2D eigenvalue weighted by Crippen LogP contribution is 2.20. The van der Waals surface area contributed by atoms with Crippen molar-refractivity contribution in [2.45, 2.75) is 13.8 Å². The Morgan fingerprint density at radius 1 is 1.14 bits per heavy atom. The van der Waals surface area contributed by atoms with Crippen molar-refractivity contribution >= 4 is 17.6 Å². The molecule has 2 aromatic heterocycles. The zero-order valence-electron chi connectivity index (χ0n) is 17.1. The highest BCUT2D eigenvalue weighted by Gasteiger charge is 2.26. The fourth-order valence-electron chi connectivity index (χ4n) is 3.47. The predicted molar refractivity (Wildman–Crippen MR) is 111 cm³/mol. The zero-order valence-corrected chi connectivity index (χ0v) is 17.1. The Labute approximate surface area is 171 Å². The van der Waals surface area contributed by atoms with Gasteiger partial charge in [-0.1, -0.05) is 13.8 Å². The summed E-state index contributed by atoms with van der Waals surface area (Å²) in [6.45, 7) is 9.91. The normalized spacial score (nSPS) is 14.3. The standard InChI is InChI=1S/C21H29N5O3/c1-3-24(4-2)11-10-23-20(27)17-7-5-9-22-19(17)25-12-14-26(15-13-25)21(28)18-8-6-16-29-18/h5-9,16H,3-4,10-15H2,1-2H3,(H,23,27). The molecule has 2 aromatic rings. The second kappa shape index (κ2) is 10.1. The van der Waals surface area contributed by atoms with Crippen molar-refractivity contribution < 1.29 is 14.0 Å². The summed E-state index contributed by atoms with van der Waals surface area (Å²) in [5.74, 6) is 0.793. The number of furan rings is 1. The van der Waals surface area contributed by atoms with Gasteiger partial charge in [0.05, 0.1) is 11.8 Å². The molecule has 156 valence electrons. The number of hydrogen-bond donors (Lipinski definition) is 1. The number of anilines is 1. The van der Waals surface area contributed by atoms with Gasteiger partial charge in [-0.3, -0.25) is 9.59 Å². The number of hydrogen-bond acceptors (Lipinski definition) is 6. The van der Waals surface area contributed by atoms with Crippen molar-refractivity contribution in [2.24, 2.45) is 0 Å². The van der Waals surface area contributed by atoms with Crippen LogP contribution in [0.25, 0.3) is 0 Å². The molecule has 0 spiro atoms. The van der Waals surface area contributed by atoms with Gasteiger partial charge in [0, 0.05) is 45.5 Å². The fraction of sp³-hybridized carbons (Fsp3) is 0.476. The Hall–Kier alpha value is -2.87. The van der Waals surface area contributed by atoms with Crippen molar-refractivity contribution in [3.8, 4) is 0 Å². The van der Waals surface area contributed by atoms with Crippen molar-refractivity contribution in [3.05, 3.63) is 48.0 Å². The lowest BCUT2D eigenvalue weighted by Gasteiger charge is -2.35. The molecule has 2 amide bonds. The summed E-state index contributed by atoms with van der Waals surface area (Å²) >= 11 is 0. The van der Waals surface area contributed by atoms with Gasteiger partial charge in [-0.25, -0.2) is 4.98 Å². The Morgan fingerprint density at radius 3 is 2.55 bits per heavy atom. The Kier molecular flexibility index (Phi) is 7.24. The average Bonchev–Trinajstić information content (AvgIpc) is 3.31. The summed E-state index contributed by atoms with van der Waals surface area (Å²) in [6, 6.07) is 6.96. The lowest BCUT2D eigenvalue weighted by Crippen LogP contribution is -2.49. The number of nitrogens with zero attached hydrogens (tertiary/aromatic N) is 4. The van der Waals surface area contributed by atoms with E-state index in [1.165, 1.54) is 6.26 Å². The maximum absolute atomic E-state index is 12.7. The monoisotopic (exact) mass is 399 g/mol. The van der Waals surface area contributed by atoms with Gasteiger partial charge in [-0.05, 0) is 37.4 Å². The van der Waals surface area contributed by atoms with Gasteiger partial charge in [-0.2, -0.15) is 0 Å². The van der Waals surface area contributed by atoms with E-state index in [-0.39, 0.29) is 11.8 Å². The summed E-state index contributed by atoms with van der Waals surface area (Å²) in [5, 5.41) is 3.00. The molecule has 3 rings (SSSR count). The smallest absolute Gasteiger partial charge is 0.289 e. The van der Waals surface area contributed by atoms with Crippen LogP contribution in [0.15, 0.2) is 41.1 Å². The Morgan fingerprint density at radius 2 is 1.90 bits per heavy atom. The first-order valence-corrected chi connectivity index (χ1v) is 10.2. The first-order valence-electron chi connectivity index (χ1n) is 10.2. The number of amides is 2. The molecular weight excluding hydrogens is 370 g/mol. The molecule has 1 aliphatic rings. The SMILES string of the molecule is CCN(CC)CCNC(=O)c1cccnc1N1CCN(C(=O)c2ccco2)CC1. The van der Waals surface area contributed by atoms with E-state index in [0.29, 0.717) is 49.9 Å². The summed E-state index contributed by atoms with van der Waals surface area (Å²) < 4.78 is 5.21. The third-order valence-corrected chi connectivity index (χ3v) is 5.24. The topological polar surface area (TPSA) is 81.9 Å². The van der Waals surface area contributed by atoms with Gasteiger partial charge < -0.3 is 24.4 Å². The van der Waals surface area contributed by atoms with Crippen LogP contribution in [-0.4, -0.2) is 79.0 Å². The van der Waals surface area contributed by atoms with Crippen LogP contribution in [0.4, 0.5) is 5.82 Å². The Balaban J connectivity index is 1.59. The summed E-state index contributed by atoms with van der Waals surface area (Å²) in [5.41, 5.74) is 0.567. The van der Waals surface area contributed by atoms with Gasteiger partial charge in [0.2, 0.25) is 0 Å². The van der Waals surface area contributed by atoms with E-state index in [1.54, 1.807) is 35.4 Å². The second-order valence-electron chi connectivity index (χ2n) is 6.91. The van der Waals surface area contributed by atoms with Crippen LogP contribution in [-0.2, 0) is 0 Å². The van der Waals surface area contributed by atoms with E-state index in [4.69, 9.17) is 4.42 Å². The first kappa shape index (κ1) is 20.9. The molecule has 0 radical (unpaired) electrons. The first-order chi connectivity index (χ1) is 14.1. The minimum Gasteiger partial charge on any atom is -0.459 e. The van der Waals surface area contributed by atoms with Gasteiger partial charge in [0.15, 0.2) is 5.76 Å². The molecule has 0 aromatic carbocycles. The molecule has 1 fully saturated rings. The number of carbonyl (C=O) groups is 2. The van der Waals surface area contributed by atoms with Crippen LogP contribution < -0.4 is 10.2 Å². The minimum atomic E-state index is -0.116. The second-order valence-corrected chi connectivity index (χ2v) is 6.91. The number of rotatable bonds is 8. The summed E-state index contributed by atoms with van der Waals surface area (Å²) in [6.07, 6.45) is 3.20. The largest absolute Gasteiger partial charge is 0.459 e. The van der Waals surface area contributed by atoms with Crippen LogP contribution in [0.1, 0.15) is 34.8 Å². The van der Waals surface area contributed by atoms with Crippen LogP contribution in [0.5, 0.6) is 0 Å². The van der Waals surface area contributed by atoms with Crippen LogP contribution in [0.2, 0.25) is 0 Å². The van der Waals surface area contributed by atoms with Gasteiger partial charge >= 0.3 is 0 Å². The highest BCUT2D eigenvalue weighted by molar-refractivity contribution is 5.99. The molecule has 0 saturated carbocycles. The number of carbonyl (C=O) groups excluding carboxylic acids is 2. The maximum Gasteiger partial charge on any atom is 0.289 e. The number of likely N-dealkylation sites (N-methyl/N-ethyl adjacent to an activating group) is 1. The maximum atomic E-state index is 12.7. The third kappa shape index (κ3) is 5.14. The van der Waals surface area contributed by atoms with E-state index in [9.17, 15) is 9.59 Å². The molecule has 29 heavy (non-hydrogen) atoms. The quantitative estimate of drug-likeness (QED) is 0.728. The van der Waals surface area contributed by atoms with E-state index in [1.807, 2.05) is 0 Å². The molecule has 3 heterocycles. The molecule has 8 heteroatoms. The van der Waals surface area contributed by atoms with E-state index in [2.05, 4.69) is 33.9 Å². The molecule has 0 unspecified atom stereocenters. The molecule has 0 atom stereocenters. The number of pyridine rings is 1. The molecule has 0 aliphatic carbocycles. The van der Waals surface area contributed by atoms with Crippen LogP contribution in [0.3, 0.4) is 0 Å². The molecule has 1 N–H and O–H groups in total. The Bertz CT molecular complexity index is 796. The number of aromatic nitrogens is 1. The van der Waals surface area contributed by atoms with Crippen molar-refractivity contribution in [1.29, 1.82) is 0 Å². The summed E-state index contributed by atoms with van der Waals surface area (Å²) in [4.78, 5) is 35.7. The van der Waals surface area contributed by atoms with E-state index >= 15 is 0 Å². The van der Waals surface area contributed by atoms with Crippen LogP contribution >= 0.6 is 0 Å². The predicted octanol–water partition coefficient (Wildman–Crippen LogP) is 1.71. The number of nitrogens with one attached hydrogen (secondary N) is 1. The lowest BCUT2D eigenvalue weighted by atomic mass is 10.2. The molecular formula is C21H29N5O3. The fourth-order valence-corrected chi connectivity index (χ4v) is 3.47. The van der Waals surface area contributed by atoms with E-state index in [0.717, 1.165) is 19.6 Å². The average molecular weight is 399 g/mol. The third-order valence-electron chi connectivity index (χ3n) is 5.24. The van der Waals surface area contributed by atoms with Crippen molar-refractivity contribution in [3.63, 3.8) is 0 Å². The highest BCUT2D eigenvalue weighted by atomic mass is 16.3. The van der Waals surface area contributed by atoms with Gasteiger partial charge in [-0.15, -0.1) is 0 Å². The number of piperazine rings is 1. The summed E-state index contributed by atoms with van der Waals surface area (Å²) in [7, 11) is 0. The van der Waals surface area contributed by atoms with E-state index < -0.39 is 0 Å². The zero-order chi connectivity index (χ0) is 20.6. The molecule has 8 nitrogen and oxygen atoms in total. The molecule has 1 saturated heterocycles. The van der Waals surface area contributed by atoms with Gasteiger partial charge in [0.1, 0.15) is 5.82 Å². The molecule has 0 bridgehead atoms. The van der Waals surface area contributed by atoms with Crippen LogP contribution in [0, 0.1) is 0 Å². The minimum absolute atomic E-state index is 0.106. The molecule has 1 aliphatic heterocycles.